The van der Waals surface area contributed by atoms with E-state index in [4.69, 9.17) is 4.74 Å². The summed E-state index contributed by atoms with van der Waals surface area (Å²) in [5.41, 5.74) is -1.03. The second kappa shape index (κ2) is 7.32. The Morgan fingerprint density at radius 3 is 2.70 bits per heavy atom. The molecule has 2 N–H and O–H groups in total. The first-order valence-corrected chi connectivity index (χ1v) is 8.97. The fourth-order valence-corrected chi connectivity index (χ4v) is 2.98. The lowest BCUT2D eigenvalue weighted by Crippen LogP contribution is -2.30. The first-order chi connectivity index (χ1) is 14.2. The Balaban J connectivity index is 1.63. The number of amides is 1. The summed E-state index contributed by atoms with van der Waals surface area (Å²) in [6, 6.07) is 6.91. The number of nitrogens with one attached hydrogen (secondary N) is 2. The molecular formula is C19H15F3N4O4. The van der Waals surface area contributed by atoms with Crippen LogP contribution < -0.4 is 21.3 Å². The Bertz CT molecular complexity index is 1240. The molecule has 0 spiro atoms. The van der Waals surface area contributed by atoms with Gasteiger partial charge in [-0.3, -0.25) is 19.1 Å². The first kappa shape index (κ1) is 19.7. The van der Waals surface area contributed by atoms with Crippen molar-refractivity contribution >= 4 is 22.6 Å². The maximum atomic E-state index is 12.6. The Morgan fingerprint density at radius 1 is 1.27 bits per heavy atom. The number of hydrogen-bond donors (Lipinski definition) is 2. The van der Waals surface area contributed by atoms with Gasteiger partial charge in [0.05, 0.1) is 16.6 Å². The first-order valence-electron chi connectivity index (χ1n) is 8.97. The quantitative estimate of drug-likeness (QED) is 0.660. The highest BCUT2D eigenvalue weighted by atomic mass is 19.4. The summed E-state index contributed by atoms with van der Waals surface area (Å²) in [5.74, 6) is -0.853. The highest BCUT2D eigenvalue weighted by Gasteiger charge is 2.29. The van der Waals surface area contributed by atoms with Gasteiger partial charge in [-0.05, 0) is 31.0 Å². The van der Waals surface area contributed by atoms with E-state index in [1.54, 1.807) is 0 Å². The van der Waals surface area contributed by atoms with Crippen LogP contribution in [0.2, 0.25) is 0 Å². The van der Waals surface area contributed by atoms with Gasteiger partial charge in [0.2, 0.25) is 0 Å². The summed E-state index contributed by atoms with van der Waals surface area (Å²) in [6.07, 6.45) is -1.74. The van der Waals surface area contributed by atoms with Crippen molar-refractivity contribution in [3.8, 4) is 5.75 Å². The van der Waals surface area contributed by atoms with E-state index >= 15 is 0 Å². The van der Waals surface area contributed by atoms with Gasteiger partial charge in [0, 0.05) is 12.2 Å². The second-order valence-corrected chi connectivity index (χ2v) is 6.81. The van der Waals surface area contributed by atoms with Gasteiger partial charge >= 0.3 is 11.9 Å². The van der Waals surface area contributed by atoms with E-state index in [9.17, 15) is 27.6 Å². The molecule has 1 amide bonds. The van der Waals surface area contributed by atoms with E-state index in [1.807, 2.05) is 0 Å². The predicted molar refractivity (Wildman–Crippen MR) is 101 cm³/mol. The number of benzene rings is 1. The summed E-state index contributed by atoms with van der Waals surface area (Å²) in [4.78, 5) is 43.2. The molecule has 11 heteroatoms. The molecule has 156 valence electrons. The lowest BCUT2D eigenvalue weighted by Gasteiger charge is -2.14. The molecule has 1 aliphatic rings. The number of aromatic amines is 1. The SMILES string of the molecule is O=C(Nc1ccccc1OCC(F)(F)F)c1cnc2c(c1)c(=O)[nH]c(=O)n2C1CC1. The third-order valence-electron chi connectivity index (χ3n) is 4.48. The number of halogens is 3. The molecule has 30 heavy (non-hydrogen) atoms. The van der Waals surface area contributed by atoms with Gasteiger partial charge in [0.1, 0.15) is 11.4 Å². The Kier molecular flexibility index (Phi) is 4.80. The monoisotopic (exact) mass is 420 g/mol. The van der Waals surface area contributed by atoms with Crippen molar-refractivity contribution < 1.29 is 22.7 Å². The van der Waals surface area contributed by atoms with Crippen LogP contribution in [-0.4, -0.2) is 33.2 Å². The van der Waals surface area contributed by atoms with E-state index in [-0.39, 0.29) is 34.1 Å². The minimum absolute atomic E-state index is 0.000352. The van der Waals surface area contributed by atoms with E-state index in [0.29, 0.717) is 0 Å². The number of carbonyl (C=O) groups is 1. The standard InChI is InChI=1S/C19H15F3N4O4/c20-19(21,22)9-30-14-4-2-1-3-13(14)24-16(27)10-7-12-15(23-8-10)26(11-5-6-11)18(29)25-17(12)28/h1-4,7-8,11H,5-6,9H2,(H,24,27)(H,25,28,29). The number of alkyl halides is 3. The largest absolute Gasteiger partial charge is 0.482 e. The number of carbonyl (C=O) groups excluding carboxylic acids is 1. The summed E-state index contributed by atoms with van der Waals surface area (Å²) in [6.45, 7) is -1.51. The van der Waals surface area contributed by atoms with Crippen molar-refractivity contribution in [3.05, 3.63) is 62.9 Å². The van der Waals surface area contributed by atoms with Crippen molar-refractivity contribution in [2.75, 3.05) is 11.9 Å². The molecule has 1 fully saturated rings. The molecule has 0 saturated heterocycles. The molecule has 1 aromatic carbocycles. The lowest BCUT2D eigenvalue weighted by molar-refractivity contribution is -0.153. The zero-order valence-corrected chi connectivity index (χ0v) is 15.3. The lowest BCUT2D eigenvalue weighted by atomic mass is 10.2. The summed E-state index contributed by atoms with van der Waals surface area (Å²) in [7, 11) is 0. The molecular weight excluding hydrogens is 405 g/mol. The number of hydrogen-bond acceptors (Lipinski definition) is 5. The molecule has 1 aliphatic carbocycles. The van der Waals surface area contributed by atoms with Crippen LogP contribution in [0.3, 0.4) is 0 Å². The topological polar surface area (TPSA) is 106 Å². The van der Waals surface area contributed by atoms with Crippen LogP contribution in [0.15, 0.2) is 46.1 Å². The van der Waals surface area contributed by atoms with E-state index < -0.39 is 29.9 Å². The number of fused-ring (bicyclic) bond motifs is 1. The van der Waals surface area contributed by atoms with Gasteiger partial charge in [-0.2, -0.15) is 13.2 Å². The van der Waals surface area contributed by atoms with Gasteiger partial charge in [-0.25, -0.2) is 9.78 Å². The van der Waals surface area contributed by atoms with E-state index in [0.717, 1.165) is 12.8 Å². The summed E-state index contributed by atoms with van der Waals surface area (Å²) >= 11 is 0. The Hall–Kier alpha value is -3.63. The van der Waals surface area contributed by atoms with Crippen molar-refractivity contribution in [2.24, 2.45) is 0 Å². The molecule has 3 aromatic rings. The van der Waals surface area contributed by atoms with Crippen LogP contribution in [0.4, 0.5) is 18.9 Å². The summed E-state index contributed by atoms with van der Waals surface area (Å²) in [5, 5.41) is 2.52. The van der Waals surface area contributed by atoms with Gasteiger partial charge < -0.3 is 10.1 Å². The number of nitrogens with zero attached hydrogens (tertiary/aromatic N) is 2. The van der Waals surface area contributed by atoms with Crippen LogP contribution >= 0.6 is 0 Å². The average Bonchev–Trinajstić information content (AvgIpc) is 3.51. The third kappa shape index (κ3) is 4.04. The maximum Gasteiger partial charge on any atom is 0.422 e. The molecule has 0 atom stereocenters. The van der Waals surface area contributed by atoms with Crippen LogP contribution in [0.5, 0.6) is 5.75 Å². The maximum absolute atomic E-state index is 12.6. The third-order valence-corrected chi connectivity index (χ3v) is 4.48. The number of pyridine rings is 1. The minimum atomic E-state index is -4.53. The number of H-pyrrole nitrogens is 1. The normalized spacial score (nSPS) is 14.0. The number of anilines is 1. The molecule has 8 nitrogen and oxygen atoms in total. The molecule has 0 radical (unpaired) electrons. The average molecular weight is 420 g/mol. The second-order valence-electron chi connectivity index (χ2n) is 6.81. The van der Waals surface area contributed by atoms with Gasteiger partial charge in [0.15, 0.2) is 6.61 Å². The fourth-order valence-electron chi connectivity index (χ4n) is 2.98. The number of rotatable bonds is 5. The summed E-state index contributed by atoms with van der Waals surface area (Å²) < 4.78 is 43.4. The van der Waals surface area contributed by atoms with E-state index in [2.05, 4.69) is 15.3 Å². The zero-order chi connectivity index (χ0) is 21.5. The molecule has 0 aliphatic heterocycles. The molecule has 0 unspecified atom stereocenters. The molecule has 2 aromatic heterocycles. The smallest absolute Gasteiger partial charge is 0.422 e. The Morgan fingerprint density at radius 2 is 2.00 bits per heavy atom. The highest BCUT2D eigenvalue weighted by molar-refractivity contribution is 6.06. The zero-order valence-electron chi connectivity index (χ0n) is 15.3. The Labute approximate surface area is 166 Å². The van der Waals surface area contributed by atoms with E-state index in [1.165, 1.54) is 41.1 Å². The molecule has 2 heterocycles. The van der Waals surface area contributed by atoms with Crippen LogP contribution in [0, 0.1) is 0 Å². The highest BCUT2D eigenvalue weighted by Crippen LogP contribution is 2.34. The molecule has 4 rings (SSSR count). The fraction of sp³-hybridized carbons (Fsp3) is 0.263. The van der Waals surface area contributed by atoms with Crippen molar-refractivity contribution in [1.82, 2.24) is 14.5 Å². The van der Waals surface area contributed by atoms with Gasteiger partial charge in [0.25, 0.3) is 11.5 Å². The van der Waals surface area contributed by atoms with Crippen LogP contribution in [0.25, 0.3) is 11.0 Å². The number of aromatic nitrogens is 3. The van der Waals surface area contributed by atoms with Crippen molar-refractivity contribution in [1.29, 1.82) is 0 Å². The van der Waals surface area contributed by atoms with Crippen LogP contribution in [-0.2, 0) is 0 Å². The molecule has 1 saturated carbocycles. The van der Waals surface area contributed by atoms with Crippen LogP contribution in [0.1, 0.15) is 29.2 Å². The number of ether oxygens (including phenoxy) is 1. The molecule has 0 bridgehead atoms. The number of para-hydroxylation sites is 2. The van der Waals surface area contributed by atoms with Gasteiger partial charge in [-0.15, -0.1) is 0 Å². The van der Waals surface area contributed by atoms with Crippen molar-refractivity contribution in [3.63, 3.8) is 0 Å². The minimum Gasteiger partial charge on any atom is -0.482 e. The van der Waals surface area contributed by atoms with Crippen molar-refractivity contribution in [2.45, 2.75) is 25.1 Å². The van der Waals surface area contributed by atoms with Gasteiger partial charge in [-0.1, -0.05) is 12.1 Å². The predicted octanol–water partition coefficient (Wildman–Crippen LogP) is 2.61.